The van der Waals surface area contributed by atoms with Gasteiger partial charge < -0.3 is 24.6 Å². The molecule has 35 heavy (non-hydrogen) atoms. The molecular formula is C25H29N5O4S. The quantitative estimate of drug-likeness (QED) is 0.505. The van der Waals surface area contributed by atoms with Crippen molar-refractivity contribution in [2.45, 2.75) is 26.1 Å². The number of alkyl carbamates (subject to hydrolysis) is 1. The Morgan fingerprint density at radius 3 is 2.89 bits per heavy atom. The summed E-state index contributed by atoms with van der Waals surface area (Å²) in [5, 5.41) is 4.44. The Morgan fingerprint density at radius 2 is 2.11 bits per heavy atom. The summed E-state index contributed by atoms with van der Waals surface area (Å²) in [6, 6.07) is 11.8. The maximum absolute atomic E-state index is 13.4. The number of amides is 2. The molecule has 0 bridgehead atoms. The van der Waals surface area contributed by atoms with E-state index in [0.29, 0.717) is 43.3 Å². The smallest absolute Gasteiger partial charge is 0.406 e. The number of aromatic nitrogens is 2. The molecule has 1 aromatic carbocycles. The molecule has 184 valence electrons. The topological polar surface area (TPSA) is 96.9 Å². The first-order valence-electron chi connectivity index (χ1n) is 11.4. The Morgan fingerprint density at radius 1 is 1.26 bits per heavy atom. The number of ether oxygens (including phenoxy) is 2. The fourth-order valence-corrected chi connectivity index (χ4v) is 4.68. The number of fused-ring (bicyclic) bond motifs is 1. The fourth-order valence-electron chi connectivity index (χ4n) is 3.87. The lowest BCUT2D eigenvalue weighted by Crippen LogP contribution is -2.33. The van der Waals surface area contributed by atoms with Crippen molar-refractivity contribution in [2.75, 3.05) is 43.6 Å². The van der Waals surface area contributed by atoms with Gasteiger partial charge in [0.05, 0.1) is 19.3 Å². The Hall–Kier alpha value is -3.50. The normalized spacial score (nSPS) is 14.3. The minimum Gasteiger partial charge on any atom is -0.449 e. The number of carbonyl (C=O) groups is 2. The average Bonchev–Trinajstić information content (AvgIpc) is 3.37. The average molecular weight is 496 g/mol. The highest BCUT2D eigenvalue weighted by Gasteiger charge is 2.27. The van der Waals surface area contributed by atoms with Crippen LogP contribution >= 0.6 is 11.3 Å². The van der Waals surface area contributed by atoms with Crippen molar-refractivity contribution in [3.63, 3.8) is 0 Å². The summed E-state index contributed by atoms with van der Waals surface area (Å²) >= 11 is 1.60. The summed E-state index contributed by atoms with van der Waals surface area (Å²) in [5.41, 5.74) is 2.24. The van der Waals surface area contributed by atoms with Gasteiger partial charge in [-0.3, -0.25) is 4.79 Å². The zero-order valence-electron chi connectivity index (χ0n) is 20.1. The van der Waals surface area contributed by atoms with Crippen molar-refractivity contribution < 1.29 is 19.1 Å². The molecule has 2 aromatic heterocycles. The zero-order valence-corrected chi connectivity index (χ0v) is 20.9. The van der Waals surface area contributed by atoms with Crippen LogP contribution < -0.4 is 15.1 Å². The van der Waals surface area contributed by atoms with E-state index in [-0.39, 0.29) is 18.6 Å². The third kappa shape index (κ3) is 5.95. The Labute approximate surface area is 208 Å². The van der Waals surface area contributed by atoms with E-state index < -0.39 is 6.09 Å². The Kier molecular flexibility index (Phi) is 7.94. The minimum atomic E-state index is -0.461. The Balaban J connectivity index is 1.48. The van der Waals surface area contributed by atoms with E-state index in [1.54, 1.807) is 22.4 Å². The number of thiophene rings is 1. The molecule has 3 aromatic rings. The first kappa shape index (κ1) is 24.6. The van der Waals surface area contributed by atoms with Crippen LogP contribution in [0, 0.1) is 6.92 Å². The summed E-state index contributed by atoms with van der Waals surface area (Å²) in [5.74, 6) is 1.17. The van der Waals surface area contributed by atoms with E-state index in [1.807, 2.05) is 60.6 Å². The second kappa shape index (κ2) is 11.3. The third-order valence-electron chi connectivity index (χ3n) is 5.74. The van der Waals surface area contributed by atoms with Crippen LogP contribution in [0.2, 0.25) is 0 Å². The number of rotatable bonds is 8. The molecule has 1 aliphatic heterocycles. The van der Waals surface area contributed by atoms with E-state index in [1.165, 1.54) is 7.05 Å². The first-order chi connectivity index (χ1) is 17.0. The highest BCUT2D eigenvalue weighted by molar-refractivity contribution is 7.10. The summed E-state index contributed by atoms with van der Waals surface area (Å²) in [4.78, 5) is 38.3. The summed E-state index contributed by atoms with van der Waals surface area (Å²) in [6.45, 7) is 3.61. The van der Waals surface area contributed by atoms with Crippen LogP contribution in [0.25, 0.3) is 0 Å². The van der Waals surface area contributed by atoms with Crippen molar-refractivity contribution in [1.29, 1.82) is 0 Å². The molecule has 1 N–H and O–H groups in total. The van der Waals surface area contributed by atoms with E-state index >= 15 is 0 Å². The summed E-state index contributed by atoms with van der Waals surface area (Å²) in [7, 11) is 3.47. The van der Waals surface area contributed by atoms with E-state index in [9.17, 15) is 9.59 Å². The van der Waals surface area contributed by atoms with Crippen molar-refractivity contribution in [1.82, 2.24) is 15.3 Å². The number of anilines is 2. The van der Waals surface area contributed by atoms with Gasteiger partial charge in [-0.25, -0.2) is 14.8 Å². The van der Waals surface area contributed by atoms with E-state index in [0.717, 1.165) is 16.1 Å². The molecule has 10 heteroatoms. The van der Waals surface area contributed by atoms with E-state index in [2.05, 4.69) is 15.3 Å². The number of nitrogens with one attached hydrogen (secondary N) is 1. The standard InChI is InChI=1S/C25H29N5O4S/c1-17-27-15-20-23(28-17)29(3)10-11-30(24(20)31)19-7-4-6-18(14-19)16-34-21(22-8-5-13-35-22)9-12-33-25(32)26-2/h4-8,13-15,21H,9-12,16H2,1-3H3,(H,26,32). The molecule has 0 saturated heterocycles. The minimum absolute atomic E-state index is 0.120. The molecule has 0 saturated carbocycles. The molecular weight excluding hydrogens is 466 g/mol. The van der Waals surface area contributed by atoms with Gasteiger partial charge in [-0.05, 0) is 36.1 Å². The summed E-state index contributed by atoms with van der Waals surface area (Å²) < 4.78 is 11.4. The lowest BCUT2D eigenvalue weighted by molar-refractivity contribution is 0.0221. The van der Waals surface area contributed by atoms with Gasteiger partial charge in [-0.1, -0.05) is 18.2 Å². The molecule has 4 rings (SSSR count). The van der Waals surface area contributed by atoms with Crippen molar-refractivity contribution >= 4 is 34.8 Å². The highest BCUT2D eigenvalue weighted by atomic mass is 32.1. The van der Waals surface area contributed by atoms with Crippen LogP contribution in [-0.2, 0) is 16.1 Å². The number of aryl methyl sites for hydroxylation is 1. The number of benzene rings is 1. The van der Waals surface area contributed by atoms with Crippen molar-refractivity contribution in [3.8, 4) is 0 Å². The van der Waals surface area contributed by atoms with Gasteiger partial charge in [0.1, 0.15) is 17.2 Å². The van der Waals surface area contributed by atoms with Crippen molar-refractivity contribution in [3.05, 3.63) is 69.8 Å². The molecule has 0 aliphatic carbocycles. The number of hydrogen-bond donors (Lipinski definition) is 1. The van der Waals surface area contributed by atoms with Crippen LogP contribution in [0.1, 0.15) is 39.1 Å². The predicted octanol–water partition coefficient (Wildman–Crippen LogP) is 3.95. The zero-order chi connectivity index (χ0) is 24.8. The highest BCUT2D eigenvalue weighted by Crippen LogP contribution is 2.29. The SMILES string of the molecule is CNC(=O)OCCC(OCc1cccc(N2CCN(C)c3nc(C)ncc3C2=O)c1)c1cccs1. The van der Waals surface area contributed by atoms with Gasteiger partial charge in [-0.15, -0.1) is 11.3 Å². The maximum Gasteiger partial charge on any atom is 0.406 e. The number of hydrogen-bond acceptors (Lipinski definition) is 8. The van der Waals surface area contributed by atoms with Gasteiger partial charge in [-0.2, -0.15) is 0 Å². The lowest BCUT2D eigenvalue weighted by atomic mass is 10.1. The molecule has 9 nitrogen and oxygen atoms in total. The van der Waals surface area contributed by atoms with Gasteiger partial charge in [0.25, 0.3) is 5.91 Å². The second-order valence-electron chi connectivity index (χ2n) is 8.19. The van der Waals surface area contributed by atoms with Crippen molar-refractivity contribution in [2.24, 2.45) is 0 Å². The van der Waals surface area contributed by atoms with Gasteiger partial charge in [0.2, 0.25) is 0 Å². The molecule has 1 aliphatic rings. The van der Waals surface area contributed by atoms with Crippen LogP contribution in [0.5, 0.6) is 0 Å². The first-order valence-corrected chi connectivity index (χ1v) is 12.3. The molecule has 0 spiro atoms. The van der Waals surface area contributed by atoms with Crippen LogP contribution in [-0.4, -0.2) is 55.8 Å². The molecule has 1 unspecified atom stereocenters. The molecule has 3 heterocycles. The van der Waals surface area contributed by atoms with Gasteiger partial charge in [0.15, 0.2) is 0 Å². The number of likely N-dealkylation sites (N-methyl/N-ethyl adjacent to an activating group) is 1. The largest absolute Gasteiger partial charge is 0.449 e. The Bertz CT molecular complexity index is 1170. The fraction of sp³-hybridized carbons (Fsp3) is 0.360. The monoisotopic (exact) mass is 495 g/mol. The van der Waals surface area contributed by atoms with Gasteiger partial charge in [0, 0.05) is 50.4 Å². The number of nitrogens with zero attached hydrogens (tertiary/aromatic N) is 4. The third-order valence-corrected chi connectivity index (χ3v) is 6.70. The maximum atomic E-state index is 13.4. The summed E-state index contributed by atoms with van der Waals surface area (Å²) in [6.07, 6.45) is 1.48. The van der Waals surface area contributed by atoms with E-state index in [4.69, 9.17) is 9.47 Å². The molecule has 0 fully saturated rings. The second-order valence-corrected chi connectivity index (χ2v) is 9.17. The molecule has 1 atom stereocenters. The van der Waals surface area contributed by atoms with Gasteiger partial charge >= 0.3 is 6.09 Å². The molecule has 0 radical (unpaired) electrons. The molecule has 2 amide bonds. The van der Waals surface area contributed by atoms with Crippen LogP contribution in [0.15, 0.2) is 48.0 Å². The number of carbonyl (C=O) groups excluding carboxylic acids is 2. The predicted molar refractivity (Wildman–Crippen MR) is 135 cm³/mol. The van der Waals surface area contributed by atoms with Crippen LogP contribution in [0.3, 0.4) is 0 Å². The lowest BCUT2D eigenvalue weighted by Gasteiger charge is -2.22. The van der Waals surface area contributed by atoms with Crippen LogP contribution in [0.4, 0.5) is 16.3 Å².